The Morgan fingerprint density at radius 3 is 1.63 bits per heavy atom. The van der Waals surface area contributed by atoms with Gasteiger partial charge in [0.25, 0.3) is 5.70 Å². The van der Waals surface area contributed by atoms with Gasteiger partial charge in [0, 0.05) is 43.8 Å². The van der Waals surface area contributed by atoms with Gasteiger partial charge in [-0.2, -0.15) is 5.26 Å². The standard InChI is InChI=1S/C67H47B2N5O2/c1-43(2)63-59-60(65(73(63)68(47-26-9-5-10-27-47)48-28-11-6-12-29-48)55(42-70)58-41-54-52-35-21-18-24-45(52)37-39-56(54)75-58)64(51-34-20-17-23-44(51)3)74(69(49-30-13-7-14-31-49)50-32-15-8-16-33-50)66(59)62(71-4)67-72-61-53-36-22-19-25-46(53)38-40-57(61)76-67/h5-41,43H,1-3H3/b65-55-,66-62+. The fraction of sp³-hybridized carbons (Fsp3) is 0.0597. The molecule has 0 saturated heterocycles. The lowest BCUT2D eigenvalue weighted by Gasteiger charge is -2.25. The van der Waals surface area contributed by atoms with Crippen molar-refractivity contribution in [1.29, 1.82) is 5.26 Å². The maximum absolute atomic E-state index is 12.2. The topological polar surface area (TPSA) is 77.2 Å². The van der Waals surface area contributed by atoms with Crippen LogP contribution in [0.1, 0.15) is 42.7 Å². The molecule has 358 valence electrons. The van der Waals surface area contributed by atoms with Gasteiger partial charge >= 0.3 is 13.7 Å². The molecule has 0 saturated carbocycles. The third-order valence-electron chi connectivity index (χ3n) is 15.0. The van der Waals surface area contributed by atoms with Crippen LogP contribution in [0.25, 0.3) is 81.8 Å². The summed E-state index contributed by atoms with van der Waals surface area (Å²) in [7, 11) is 0. The monoisotopic (exact) mass is 975 g/mol. The largest absolute Gasteiger partial charge is 0.455 e. The highest BCUT2D eigenvalue weighted by atomic mass is 16.3. The molecule has 9 aromatic carbocycles. The first kappa shape index (κ1) is 46.0. The van der Waals surface area contributed by atoms with Crippen LogP contribution in [0, 0.1) is 24.8 Å². The number of hydrogen-bond donors (Lipinski definition) is 0. The quantitative estimate of drug-likeness (QED) is 0.101. The first-order valence-corrected chi connectivity index (χ1v) is 25.7. The van der Waals surface area contributed by atoms with Crippen molar-refractivity contribution in [2.24, 2.45) is 0 Å². The number of fused-ring (bicyclic) bond motifs is 7. The zero-order valence-corrected chi connectivity index (χ0v) is 42.1. The number of nitriles is 1. The van der Waals surface area contributed by atoms with E-state index in [0.29, 0.717) is 38.7 Å². The summed E-state index contributed by atoms with van der Waals surface area (Å²) < 4.78 is 18.6. The molecule has 0 aliphatic rings. The summed E-state index contributed by atoms with van der Waals surface area (Å²) in [5.41, 5.74) is 10.4. The highest BCUT2D eigenvalue weighted by Crippen LogP contribution is 2.38. The van der Waals surface area contributed by atoms with Gasteiger partial charge in [0.05, 0.1) is 11.9 Å². The Morgan fingerprint density at radius 1 is 0.553 bits per heavy atom. The summed E-state index contributed by atoms with van der Waals surface area (Å²) in [6.45, 7) is 15.1. The Kier molecular flexibility index (Phi) is 11.4. The van der Waals surface area contributed by atoms with Crippen molar-refractivity contribution in [1.82, 2.24) is 13.9 Å². The summed E-state index contributed by atoms with van der Waals surface area (Å²) in [5, 5.41) is 20.2. The number of aromatic nitrogens is 3. The number of benzene rings is 9. The predicted octanol–water partition coefficient (Wildman–Crippen LogP) is 11.8. The molecule has 7 nitrogen and oxygen atoms in total. The van der Waals surface area contributed by atoms with Gasteiger partial charge in [0.15, 0.2) is 5.58 Å². The van der Waals surface area contributed by atoms with E-state index in [0.717, 1.165) is 82.1 Å². The molecule has 4 aromatic heterocycles. The molecular weight excluding hydrogens is 928 g/mol. The molecule has 0 atom stereocenters. The SMILES string of the molecule is [C-]#[N+]/C(c1nc2c(ccc3ccccc32)o1)=c1\c2c(C(C)C)n(B(c3ccccc3)c3ccccc3)/c(=C(/C#N)c3cc4c(ccc5ccccc54)o3)c2c(-c2ccccc2C)n1B(c1ccccc1)c1ccccc1. The van der Waals surface area contributed by atoms with Crippen molar-refractivity contribution in [3.63, 3.8) is 0 Å². The summed E-state index contributed by atoms with van der Waals surface area (Å²) in [6, 6.07) is 79.8. The van der Waals surface area contributed by atoms with Crippen molar-refractivity contribution in [3.05, 3.63) is 269 Å². The minimum Gasteiger partial charge on any atom is -0.455 e. The average Bonchev–Trinajstić information content (AvgIpc) is 4.30. The van der Waals surface area contributed by atoms with Crippen molar-refractivity contribution >= 4 is 101 Å². The van der Waals surface area contributed by atoms with Gasteiger partial charge in [-0.3, -0.25) is 0 Å². The Morgan fingerprint density at radius 2 is 1.07 bits per heavy atom. The molecule has 0 fully saturated rings. The van der Waals surface area contributed by atoms with E-state index in [1.54, 1.807) is 0 Å². The van der Waals surface area contributed by atoms with Gasteiger partial charge in [0.2, 0.25) is 5.89 Å². The minimum absolute atomic E-state index is 0.184. The van der Waals surface area contributed by atoms with E-state index in [9.17, 15) is 11.8 Å². The fourth-order valence-electron chi connectivity index (χ4n) is 11.7. The Labute approximate surface area is 440 Å². The van der Waals surface area contributed by atoms with Crippen molar-refractivity contribution in [2.75, 3.05) is 0 Å². The molecule has 0 aliphatic heterocycles. The molecule has 0 spiro atoms. The molecular formula is C67H47B2N5O2. The fourth-order valence-corrected chi connectivity index (χ4v) is 11.7. The van der Waals surface area contributed by atoms with Crippen molar-refractivity contribution in [3.8, 4) is 17.3 Å². The molecule has 0 unspecified atom stereocenters. The minimum atomic E-state index is -0.496. The van der Waals surface area contributed by atoms with Crippen LogP contribution in [0.3, 0.4) is 0 Å². The zero-order chi connectivity index (χ0) is 51.4. The molecule has 0 bridgehead atoms. The van der Waals surface area contributed by atoms with Gasteiger partial charge in [-0.1, -0.05) is 242 Å². The summed E-state index contributed by atoms with van der Waals surface area (Å²) >= 11 is 0. The lowest BCUT2D eigenvalue weighted by Crippen LogP contribution is -2.54. The van der Waals surface area contributed by atoms with Gasteiger partial charge in [-0.05, 0) is 52.8 Å². The molecule has 9 heteroatoms. The Hall–Kier alpha value is -9.82. The second kappa shape index (κ2) is 18.9. The average molecular weight is 976 g/mol. The molecule has 76 heavy (non-hydrogen) atoms. The molecule has 0 N–H and O–H groups in total. The molecule has 4 heterocycles. The molecule has 13 rings (SSSR count). The van der Waals surface area contributed by atoms with Crippen LogP contribution in [-0.2, 0) is 0 Å². The Balaban J connectivity index is 1.35. The number of rotatable bonds is 10. The van der Waals surface area contributed by atoms with Crippen LogP contribution in [0.15, 0.2) is 233 Å². The van der Waals surface area contributed by atoms with E-state index in [1.807, 2.05) is 72.8 Å². The third-order valence-corrected chi connectivity index (χ3v) is 15.0. The second-order valence-corrected chi connectivity index (χ2v) is 19.7. The zero-order valence-electron chi connectivity index (χ0n) is 42.1. The van der Waals surface area contributed by atoms with Crippen LogP contribution in [-0.4, -0.2) is 27.6 Å². The van der Waals surface area contributed by atoms with Gasteiger partial charge in [0.1, 0.15) is 28.5 Å². The van der Waals surface area contributed by atoms with E-state index in [-0.39, 0.29) is 17.5 Å². The van der Waals surface area contributed by atoms with Crippen molar-refractivity contribution < 1.29 is 8.83 Å². The van der Waals surface area contributed by atoms with Crippen LogP contribution in [0.4, 0.5) is 0 Å². The van der Waals surface area contributed by atoms with E-state index >= 15 is 0 Å². The number of nitrogens with zero attached hydrogens (tertiary/aromatic N) is 5. The highest BCUT2D eigenvalue weighted by Gasteiger charge is 2.38. The van der Waals surface area contributed by atoms with Gasteiger partial charge < -0.3 is 17.8 Å². The van der Waals surface area contributed by atoms with Gasteiger partial charge in [-0.25, -0.2) is 9.83 Å². The van der Waals surface area contributed by atoms with E-state index < -0.39 is 13.7 Å². The maximum atomic E-state index is 12.2. The van der Waals surface area contributed by atoms with Crippen LogP contribution in [0.5, 0.6) is 0 Å². The van der Waals surface area contributed by atoms with E-state index in [1.165, 1.54) is 0 Å². The number of hydrogen-bond acceptors (Lipinski definition) is 4. The molecule has 0 aliphatic carbocycles. The summed E-state index contributed by atoms with van der Waals surface area (Å²) in [5.74, 6) is 0.465. The van der Waals surface area contributed by atoms with E-state index in [4.69, 9.17) is 13.8 Å². The number of aryl methyl sites for hydroxylation is 1. The lowest BCUT2D eigenvalue weighted by molar-refractivity contribution is 0.584. The molecule has 0 amide bonds. The normalized spacial score (nSPS) is 12.4. The summed E-state index contributed by atoms with van der Waals surface area (Å²) in [4.78, 5) is 9.90. The van der Waals surface area contributed by atoms with Crippen molar-refractivity contribution in [2.45, 2.75) is 26.7 Å². The van der Waals surface area contributed by atoms with E-state index in [2.05, 4.69) is 192 Å². The Bertz CT molecular complexity index is 4390. The molecule has 13 aromatic rings. The smallest absolute Gasteiger partial charge is 0.327 e. The lowest BCUT2D eigenvalue weighted by atomic mass is 9.50. The first-order chi connectivity index (χ1) is 37.4. The summed E-state index contributed by atoms with van der Waals surface area (Å²) in [6.07, 6.45) is 0. The maximum Gasteiger partial charge on any atom is 0.327 e. The second-order valence-electron chi connectivity index (χ2n) is 19.7. The van der Waals surface area contributed by atoms with Crippen LogP contribution in [0.2, 0.25) is 0 Å². The van der Waals surface area contributed by atoms with Crippen LogP contribution >= 0.6 is 0 Å². The number of oxazole rings is 1. The number of furan rings is 1. The third kappa shape index (κ3) is 7.47. The van der Waals surface area contributed by atoms with Gasteiger partial charge in [-0.15, -0.1) is 0 Å². The first-order valence-electron chi connectivity index (χ1n) is 25.7. The molecule has 0 radical (unpaired) electrons. The predicted molar refractivity (Wildman–Crippen MR) is 313 cm³/mol. The van der Waals surface area contributed by atoms with Crippen LogP contribution < -0.4 is 32.5 Å². The highest BCUT2D eigenvalue weighted by molar-refractivity contribution is 6.85.